The summed E-state index contributed by atoms with van der Waals surface area (Å²) >= 11 is 0. The van der Waals surface area contributed by atoms with Crippen LogP contribution in [0.2, 0.25) is 0 Å². The van der Waals surface area contributed by atoms with Gasteiger partial charge in [0.2, 0.25) is 0 Å². The summed E-state index contributed by atoms with van der Waals surface area (Å²) in [6, 6.07) is 0. The Kier molecular flexibility index (Phi) is 6.38. The van der Waals surface area contributed by atoms with E-state index < -0.39 is 9.84 Å². The van der Waals surface area contributed by atoms with E-state index in [4.69, 9.17) is 0 Å². The van der Waals surface area contributed by atoms with E-state index in [-0.39, 0.29) is 24.5 Å². The first-order valence-corrected chi connectivity index (χ1v) is 6.23. The molecule has 0 aromatic carbocycles. The maximum absolute atomic E-state index is 11.1. The Bertz CT molecular complexity index is 184. The van der Waals surface area contributed by atoms with Crippen molar-refractivity contribution in [1.82, 2.24) is 0 Å². The third kappa shape index (κ3) is 6.61. The van der Waals surface area contributed by atoms with Gasteiger partial charge < -0.3 is 0 Å². The average molecular weight is 193 g/mol. The predicted octanol–water partition coefficient (Wildman–Crippen LogP) is 1.41. The summed E-state index contributed by atoms with van der Waals surface area (Å²) in [4.78, 5) is 0. The molecular formula is C8H17O3S. The standard InChI is InChI=1S/C8H17O3S/c1-2-3-4-7-12(10,11)8-5-6-9/h2-8H2,1H3. The third-order valence-electron chi connectivity index (χ3n) is 1.66. The van der Waals surface area contributed by atoms with Crippen LogP contribution in [0, 0.1) is 0 Å². The maximum Gasteiger partial charge on any atom is 0.150 e. The van der Waals surface area contributed by atoms with Crippen molar-refractivity contribution < 1.29 is 13.5 Å². The molecule has 0 rings (SSSR count). The molecule has 0 saturated heterocycles. The minimum Gasteiger partial charge on any atom is -0.237 e. The van der Waals surface area contributed by atoms with E-state index >= 15 is 0 Å². The zero-order valence-corrected chi connectivity index (χ0v) is 8.40. The zero-order chi connectivity index (χ0) is 9.45. The highest BCUT2D eigenvalue weighted by molar-refractivity contribution is 7.91. The molecule has 73 valence electrons. The number of sulfone groups is 1. The molecule has 0 heterocycles. The summed E-state index contributed by atoms with van der Waals surface area (Å²) in [6.45, 7) is 1.75. The molecule has 0 bridgehead atoms. The fraction of sp³-hybridized carbons (Fsp3) is 1.00. The van der Waals surface area contributed by atoms with E-state index in [1.807, 2.05) is 6.92 Å². The molecule has 12 heavy (non-hydrogen) atoms. The molecular weight excluding hydrogens is 176 g/mol. The summed E-state index contributed by atoms with van der Waals surface area (Å²) in [7, 11) is -2.92. The lowest BCUT2D eigenvalue weighted by molar-refractivity contribution is 0.194. The van der Waals surface area contributed by atoms with Crippen LogP contribution in [0.5, 0.6) is 0 Å². The molecule has 0 amide bonds. The molecule has 0 aliphatic heterocycles. The van der Waals surface area contributed by atoms with Crippen molar-refractivity contribution in [2.45, 2.75) is 32.6 Å². The SMILES string of the molecule is CCCCCS(=O)(=O)CCC[O]. The van der Waals surface area contributed by atoms with Gasteiger partial charge in [0.1, 0.15) is 9.84 Å². The van der Waals surface area contributed by atoms with Crippen molar-refractivity contribution in [3.8, 4) is 0 Å². The molecule has 0 spiro atoms. The maximum atomic E-state index is 11.1. The van der Waals surface area contributed by atoms with Crippen LogP contribution in [0.25, 0.3) is 0 Å². The van der Waals surface area contributed by atoms with Gasteiger partial charge in [-0.3, -0.25) is 0 Å². The summed E-state index contributed by atoms with van der Waals surface area (Å²) in [6.07, 6.45) is 2.97. The minimum atomic E-state index is -2.92. The number of rotatable bonds is 7. The van der Waals surface area contributed by atoms with E-state index in [1.54, 1.807) is 0 Å². The van der Waals surface area contributed by atoms with Crippen LogP contribution in [0.4, 0.5) is 0 Å². The highest BCUT2D eigenvalue weighted by Crippen LogP contribution is 2.01. The van der Waals surface area contributed by atoms with Gasteiger partial charge in [0.25, 0.3) is 0 Å². The topological polar surface area (TPSA) is 54.0 Å². The van der Waals surface area contributed by atoms with Gasteiger partial charge >= 0.3 is 0 Å². The van der Waals surface area contributed by atoms with Gasteiger partial charge in [-0.1, -0.05) is 19.8 Å². The second-order valence-corrected chi connectivity index (χ2v) is 5.22. The van der Waals surface area contributed by atoms with Crippen molar-refractivity contribution in [1.29, 1.82) is 0 Å². The van der Waals surface area contributed by atoms with Gasteiger partial charge in [0.15, 0.2) is 0 Å². The van der Waals surface area contributed by atoms with Crippen LogP contribution in [-0.4, -0.2) is 26.5 Å². The Labute approximate surface area is 74.7 Å². The van der Waals surface area contributed by atoms with Crippen LogP contribution in [0.1, 0.15) is 32.6 Å². The molecule has 3 nitrogen and oxygen atoms in total. The van der Waals surface area contributed by atoms with Crippen molar-refractivity contribution in [2.24, 2.45) is 0 Å². The molecule has 0 saturated carbocycles. The molecule has 0 aromatic rings. The van der Waals surface area contributed by atoms with Gasteiger partial charge in [-0.25, -0.2) is 13.5 Å². The van der Waals surface area contributed by atoms with Crippen molar-refractivity contribution >= 4 is 9.84 Å². The molecule has 1 radical (unpaired) electrons. The molecule has 0 unspecified atom stereocenters. The quantitative estimate of drug-likeness (QED) is 0.574. The van der Waals surface area contributed by atoms with Crippen LogP contribution in [0.15, 0.2) is 0 Å². The number of hydrogen-bond acceptors (Lipinski definition) is 2. The lowest BCUT2D eigenvalue weighted by Crippen LogP contribution is -2.11. The summed E-state index contributed by atoms with van der Waals surface area (Å²) in [5.41, 5.74) is 0. The molecule has 0 atom stereocenters. The van der Waals surface area contributed by atoms with Crippen LogP contribution >= 0.6 is 0 Å². The summed E-state index contributed by atoms with van der Waals surface area (Å²) in [5.74, 6) is 0.320. The Balaban J connectivity index is 3.58. The largest absolute Gasteiger partial charge is 0.237 e. The summed E-state index contributed by atoms with van der Waals surface area (Å²) in [5, 5.41) is 10.0. The molecule has 0 aromatic heterocycles. The first-order chi connectivity index (χ1) is 5.62. The van der Waals surface area contributed by atoms with Crippen LogP contribution in [-0.2, 0) is 14.9 Å². The van der Waals surface area contributed by atoms with Crippen molar-refractivity contribution in [2.75, 3.05) is 18.1 Å². The Morgan fingerprint density at radius 2 is 1.58 bits per heavy atom. The number of unbranched alkanes of at least 4 members (excludes halogenated alkanes) is 2. The average Bonchev–Trinajstić information content (AvgIpc) is 2.01. The van der Waals surface area contributed by atoms with Crippen molar-refractivity contribution in [3.05, 3.63) is 0 Å². The minimum absolute atomic E-state index is 0.0697. The van der Waals surface area contributed by atoms with Gasteiger partial charge in [-0.2, -0.15) is 0 Å². The highest BCUT2D eigenvalue weighted by Gasteiger charge is 2.08. The smallest absolute Gasteiger partial charge is 0.150 e. The van der Waals surface area contributed by atoms with Gasteiger partial charge in [-0.05, 0) is 12.8 Å². The van der Waals surface area contributed by atoms with E-state index in [2.05, 4.69) is 0 Å². The van der Waals surface area contributed by atoms with Gasteiger partial charge in [0.05, 0.1) is 18.1 Å². The predicted molar refractivity (Wildman–Crippen MR) is 48.3 cm³/mol. The zero-order valence-electron chi connectivity index (χ0n) is 7.58. The van der Waals surface area contributed by atoms with Crippen LogP contribution in [0.3, 0.4) is 0 Å². The first kappa shape index (κ1) is 11.9. The molecule has 4 heteroatoms. The van der Waals surface area contributed by atoms with E-state index in [0.717, 1.165) is 19.3 Å². The van der Waals surface area contributed by atoms with E-state index in [1.165, 1.54) is 0 Å². The third-order valence-corrected chi connectivity index (χ3v) is 3.48. The second kappa shape index (κ2) is 6.43. The van der Waals surface area contributed by atoms with Gasteiger partial charge in [-0.15, -0.1) is 0 Å². The van der Waals surface area contributed by atoms with E-state index in [9.17, 15) is 13.5 Å². The monoisotopic (exact) mass is 193 g/mol. The highest BCUT2D eigenvalue weighted by atomic mass is 32.2. The molecule has 0 aliphatic rings. The van der Waals surface area contributed by atoms with E-state index in [0.29, 0.717) is 0 Å². The first-order valence-electron chi connectivity index (χ1n) is 4.41. The van der Waals surface area contributed by atoms with Gasteiger partial charge in [0, 0.05) is 0 Å². The van der Waals surface area contributed by atoms with Crippen molar-refractivity contribution in [3.63, 3.8) is 0 Å². The normalized spacial score (nSPS) is 11.8. The molecule has 0 N–H and O–H groups in total. The van der Waals surface area contributed by atoms with Crippen LogP contribution < -0.4 is 0 Å². The molecule has 0 fully saturated rings. The Hall–Kier alpha value is -0.0900. The fourth-order valence-electron chi connectivity index (χ4n) is 0.953. The Morgan fingerprint density at radius 1 is 1.00 bits per heavy atom. The fourth-order valence-corrected chi connectivity index (χ4v) is 2.36. The summed E-state index contributed by atoms with van der Waals surface area (Å²) < 4.78 is 22.3. The number of hydrogen-bond donors (Lipinski definition) is 0. The Morgan fingerprint density at radius 3 is 2.08 bits per heavy atom. The second-order valence-electron chi connectivity index (χ2n) is 2.92. The lowest BCUT2D eigenvalue weighted by atomic mass is 10.3. The molecule has 0 aliphatic carbocycles. The lowest BCUT2D eigenvalue weighted by Gasteiger charge is -2.01.